The van der Waals surface area contributed by atoms with E-state index in [9.17, 15) is 20.0 Å². The van der Waals surface area contributed by atoms with Crippen molar-refractivity contribution in [2.24, 2.45) is 5.92 Å². The number of nitro groups is 1. The summed E-state index contributed by atoms with van der Waals surface area (Å²) in [5.74, 6) is -2.35. The Bertz CT molecular complexity index is 2990. The van der Waals surface area contributed by atoms with Crippen LogP contribution in [0, 0.1) is 16.0 Å². The highest BCUT2D eigenvalue weighted by Gasteiger charge is 2.76. The van der Waals surface area contributed by atoms with Crippen LogP contribution in [-0.2, 0) is 48.8 Å². The number of fused-ring (bicyclic) bond motifs is 4. The lowest BCUT2D eigenvalue weighted by atomic mass is 9.65. The maximum absolute atomic E-state index is 16.6. The summed E-state index contributed by atoms with van der Waals surface area (Å²) in [5, 5.41) is 21.5. The lowest BCUT2D eigenvalue weighted by Crippen LogP contribution is -2.57. The third kappa shape index (κ3) is 7.56. The number of methoxy groups -OCH3 is 2. The van der Waals surface area contributed by atoms with E-state index < -0.39 is 64.4 Å². The Labute approximate surface area is 402 Å². The minimum absolute atomic E-state index is 0.0926. The van der Waals surface area contributed by atoms with Crippen molar-refractivity contribution in [2.45, 2.75) is 49.2 Å². The van der Waals surface area contributed by atoms with Crippen LogP contribution in [-0.4, -0.2) is 83.7 Å². The Morgan fingerprint density at radius 2 is 1.43 bits per heavy atom. The van der Waals surface area contributed by atoms with Gasteiger partial charge in [-0.1, -0.05) is 97.1 Å². The zero-order valence-electron chi connectivity index (χ0n) is 38.2. The van der Waals surface area contributed by atoms with Gasteiger partial charge in [0.1, 0.15) is 36.5 Å². The summed E-state index contributed by atoms with van der Waals surface area (Å²) in [6, 6.07) is 38.2. The van der Waals surface area contributed by atoms with Crippen LogP contribution < -0.4 is 19.1 Å². The lowest BCUT2D eigenvalue weighted by molar-refractivity contribution is -0.384. The van der Waals surface area contributed by atoms with Crippen LogP contribution >= 0.6 is 0 Å². The van der Waals surface area contributed by atoms with E-state index in [0.29, 0.717) is 40.2 Å². The number of amides is 3. The molecule has 0 aromatic heterocycles. The second kappa shape index (κ2) is 18.8. The molecule has 4 aliphatic rings. The molecule has 16 heteroatoms. The van der Waals surface area contributed by atoms with E-state index in [1.54, 1.807) is 60.5 Å². The number of non-ortho nitro benzene ring substituents is 1. The molecule has 6 aromatic carbocycles. The van der Waals surface area contributed by atoms with Crippen molar-refractivity contribution in [3.63, 3.8) is 0 Å². The van der Waals surface area contributed by atoms with Crippen molar-refractivity contribution in [1.82, 2.24) is 9.80 Å². The molecule has 70 heavy (non-hydrogen) atoms. The van der Waals surface area contributed by atoms with Gasteiger partial charge in [-0.25, -0.2) is 9.69 Å². The van der Waals surface area contributed by atoms with Gasteiger partial charge in [-0.05, 0) is 76.2 Å². The van der Waals surface area contributed by atoms with Gasteiger partial charge in [0, 0.05) is 30.8 Å². The summed E-state index contributed by atoms with van der Waals surface area (Å²) in [5.41, 5.74) is 2.17. The number of esters is 1. The van der Waals surface area contributed by atoms with Crippen molar-refractivity contribution in [1.29, 1.82) is 0 Å². The minimum Gasteiger partial charge on any atom is -0.493 e. The summed E-state index contributed by atoms with van der Waals surface area (Å²) >= 11 is 0. The van der Waals surface area contributed by atoms with Crippen molar-refractivity contribution in [3.8, 4) is 17.2 Å². The molecule has 1 N–H and O–H groups in total. The van der Waals surface area contributed by atoms with Crippen molar-refractivity contribution in [3.05, 3.63) is 195 Å². The molecule has 10 rings (SSSR count). The minimum atomic E-state index is -2.07. The number of imide groups is 1. The fourth-order valence-electron chi connectivity index (χ4n) is 11.0. The normalized spacial score (nSPS) is 22.4. The number of carbonyl (C=O) groups is 4. The van der Waals surface area contributed by atoms with E-state index in [-0.39, 0.29) is 50.0 Å². The molecule has 2 saturated heterocycles. The van der Waals surface area contributed by atoms with Gasteiger partial charge in [0.05, 0.1) is 49.4 Å². The zero-order chi connectivity index (χ0) is 48.7. The molecule has 4 heterocycles. The number of nitro benzene ring substituents is 1. The molecule has 0 bridgehead atoms. The van der Waals surface area contributed by atoms with Gasteiger partial charge in [-0.15, -0.1) is 0 Å². The van der Waals surface area contributed by atoms with Crippen LogP contribution in [0.5, 0.6) is 17.2 Å². The van der Waals surface area contributed by atoms with E-state index >= 15 is 14.4 Å². The molecule has 356 valence electrons. The third-order valence-corrected chi connectivity index (χ3v) is 13.9. The summed E-state index contributed by atoms with van der Waals surface area (Å²) in [6.07, 6.45) is -1.61. The first-order valence-corrected chi connectivity index (χ1v) is 22.9. The van der Waals surface area contributed by atoms with Crippen molar-refractivity contribution >= 4 is 35.3 Å². The number of ether oxygens (including phenoxy) is 5. The maximum atomic E-state index is 16.6. The standard InChI is InChI=1S/C54H48N4O12/c1-66-43-29-36-25-26-55(31-37(36)30-44(43)67-2)50(60)45-47-51(61)70-48(35-15-7-4-8-16-35)46(34-13-5-3-6-14-34)57(47)49(39-17-9-12-20-42(39)68-28-27-59)54(45)40-18-10-11-19-41(40)56(52(54)62)53(63)69-32-33-21-23-38(24-22-33)58(64)65/h3-24,29-30,45-49,59H,25-28,31-32H2,1-2H3/t45-,46-,47-,48+,49+,54-/m0/s1. The predicted octanol–water partition coefficient (Wildman–Crippen LogP) is 7.57. The van der Waals surface area contributed by atoms with Crippen LogP contribution in [0.3, 0.4) is 0 Å². The number of aliphatic hydroxyl groups excluding tert-OH is 1. The number of rotatable bonds is 12. The van der Waals surface area contributed by atoms with Gasteiger partial charge in [0.2, 0.25) is 11.8 Å². The SMILES string of the molecule is COc1cc2c(cc1OC)CN(C(=O)[C@@H]1[C@H]3C(=O)O[C@H](c4ccccc4)[C@H](c4ccccc4)N3[C@H](c3ccccc3OCCO)[C@@]13C(=O)N(C(=O)OCc1ccc([N+](=O)[O-])cc1)c1ccccc13)CC2. The van der Waals surface area contributed by atoms with Crippen LogP contribution in [0.1, 0.15) is 57.1 Å². The van der Waals surface area contributed by atoms with Crippen molar-refractivity contribution in [2.75, 3.05) is 38.9 Å². The highest BCUT2D eigenvalue weighted by atomic mass is 16.6. The lowest BCUT2D eigenvalue weighted by Gasteiger charge is -2.46. The second-order valence-electron chi connectivity index (χ2n) is 17.5. The molecule has 0 aliphatic carbocycles. The molecule has 6 atom stereocenters. The molecule has 0 saturated carbocycles. The number of hydrogen-bond acceptors (Lipinski definition) is 13. The molecule has 6 aromatic rings. The summed E-state index contributed by atoms with van der Waals surface area (Å²) in [4.78, 5) is 78.6. The fraction of sp³-hybridized carbons (Fsp3) is 0.259. The smallest absolute Gasteiger partial charge is 0.421 e. The molecular weight excluding hydrogens is 897 g/mol. The number of nitrogens with zero attached hydrogens (tertiary/aromatic N) is 4. The van der Waals surface area contributed by atoms with Crippen LogP contribution in [0.15, 0.2) is 146 Å². The third-order valence-electron chi connectivity index (χ3n) is 13.9. The van der Waals surface area contributed by atoms with Crippen LogP contribution in [0.2, 0.25) is 0 Å². The van der Waals surface area contributed by atoms with Gasteiger partial charge < -0.3 is 33.7 Å². The monoisotopic (exact) mass is 944 g/mol. The molecular formula is C54H48N4O12. The molecule has 3 amide bonds. The first-order chi connectivity index (χ1) is 34.1. The Morgan fingerprint density at radius 1 is 0.786 bits per heavy atom. The Balaban J connectivity index is 1.21. The fourth-order valence-corrected chi connectivity index (χ4v) is 11.0. The van der Waals surface area contributed by atoms with E-state index in [0.717, 1.165) is 21.6 Å². The number of benzene rings is 6. The Morgan fingerprint density at radius 3 is 2.11 bits per heavy atom. The first-order valence-electron chi connectivity index (χ1n) is 22.9. The van der Waals surface area contributed by atoms with Gasteiger partial charge in [-0.3, -0.25) is 29.4 Å². The summed E-state index contributed by atoms with van der Waals surface area (Å²) in [6.45, 7) is -0.504. The number of para-hydroxylation sites is 2. The quantitative estimate of drug-likeness (QED) is 0.0720. The molecule has 2 fully saturated rings. The van der Waals surface area contributed by atoms with Gasteiger partial charge >= 0.3 is 12.1 Å². The summed E-state index contributed by atoms with van der Waals surface area (Å²) < 4.78 is 30.1. The first kappa shape index (κ1) is 45.7. The van der Waals surface area contributed by atoms with E-state index in [1.165, 1.54) is 31.4 Å². The number of aliphatic hydroxyl groups is 1. The van der Waals surface area contributed by atoms with Crippen LogP contribution in [0.25, 0.3) is 0 Å². The molecule has 4 aliphatic heterocycles. The van der Waals surface area contributed by atoms with Crippen LogP contribution in [0.4, 0.5) is 16.2 Å². The van der Waals surface area contributed by atoms with E-state index in [4.69, 9.17) is 23.7 Å². The summed E-state index contributed by atoms with van der Waals surface area (Å²) in [7, 11) is 3.08. The topological polar surface area (TPSA) is 188 Å². The predicted molar refractivity (Wildman–Crippen MR) is 253 cm³/mol. The van der Waals surface area contributed by atoms with Gasteiger partial charge in [-0.2, -0.15) is 0 Å². The highest BCUT2D eigenvalue weighted by molar-refractivity contribution is 6.23. The maximum Gasteiger partial charge on any atom is 0.421 e. The van der Waals surface area contributed by atoms with Gasteiger partial charge in [0.15, 0.2) is 11.5 Å². The Kier molecular flexibility index (Phi) is 12.3. The number of cyclic esters (lactones) is 1. The number of hydrogen-bond donors (Lipinski definition) is 1. The highest BCUT2D eigenvalue weighted by Crippen LogP contribution is 2.67. The average Bonchev–Trinajstić information content (AvgIpc) is 3.85. The van der Waals surface area contributed by atoms with E-state index in [2.05, 4.69) is 0 Å². The molecule has 0 radical (unpaired) electrons. The average molecular weight is 945 g/mol. The second-order valence-corrected chi connectivity index (χ2v) is 17.5. The molecule has 1 spiro atoms. The van der Waals surface area contributed by atoms with E-state index in [1.807, 2.05) is 77.7 Å². The molecule has 0 unspecified atom stereocenters. The van der Waals surface area contributed by atoms with Crippen molar-refractivity contribution < 1.29 is 52.9 Å². The number of morpholine rings is 1. The zero-order valence-corrected chi connectivity index (χ0v) is 38.2. The largest absolute Gasteiger partial charge is 0.493 e. The van der Waals surface area contributed by atoms with Gasteiger partial charge in [0.25, 0.3) is 5.69 Å². The number of anilines is 1. The molecule has 16 nitrogen and oxygen atoms in total. The Hall–Kier alpha value is -8.08. The number of carbonyl (C=O) groups excluding carboxylic acids is 4.